The lowest BCUT2D eigenvalue weighted by molar-refractivity contribution is -0.138. The van der Waals surface area contributed by atoms with Crippen LogP contribution >= 0.6 is 0 Å². The summed E-state index contributed by atoms with van der Waals surface area (Å²) >= 11 is 0. The number of carboxylic acid groups (broad SMARTS) is 1. The van der Waals surface area contributed by atoms with Crippen LogP contribution in [0.1, 0.15) is 24.8 Å². The first kappa shape index (κ1) is 15.5. The van der Waals surface area contributed by atoms with Gasteiger partial charge in [-0.1, -0.05) is 12.1 Å². The van der Waals surface area contributed by atoms with Gasteiger partial charge in [0.05, 0.1) is 6.54 Å². The molecule has 2 rings (SSSR count). The van der Waals surface area contributed by atoms with Gasteiger partial charge in [0.25, 0.3) is 0 Å². The second-order valence-electron chi connectivity index (χ2n) is 5.76. The summed E-state index contributed by atoms with van der Waals surface area (Å²) in [5.74, 6) is -0.648. The Bertz CT molecular complexity index is 516. The Balaban J connectivity index is 1.83. The number of aliphatic carboxylic acids is 1. The number of aryl methyl sites for hydroxylation is 1. The molecule has 0 radical (unpaired) electrons. The van der Waals surface area contributed by atoms with Gasteiger partial charge in [0.15, 0.2) is 0 Å². The average Bonchev–Trinajstić information content (AvgIpc) is 2.37. The van der Waals surface area contributed by atoms with Crippen molar-refractivity contribution in [3.63, 3.8) is 0 Å². The monoisotopic (exact) mass is 290 g/mol. The van der Waals surface area contributed by atoms with Crippen molar-refractivity contribution in [1.29, 1.82) is 0 Å². The molecular formula is C16H22N2O3. The van der Waals surface area contributed by atoms with Gasteiger partial charge in [-0.15, -0.1) is 0 Å². The van der Waals surface area contributed by atoms with E-state index in [0.29, 0.717) is 13.1 Å². The predicted molar refractivity (Wildman–Crippen MR) is 81.2 cm³/mol. The van der Waals surface area contributed by atoms with Crippen LogP contribution in [0.2, 0.25) is 0 Å². The highest BCUT2D eigenvalue weighted by atomic mass is 16.4. The van der Waals surface area contributed by atoms with Crippen LogP contribution in [0.25, 0.3) is 0 Å². The molecule has 1 fully saturated rings. The van der Waals surface area contributed by atoms with Gasteiger partial charge in [0, 0.05) is 18.7 Å². The first-order valence-electron chi connectivity index (χ1n) is 7.33. The third-order valence-corrected chi connectivity index (χ3v) is 3.74. The standard InChI is InChI=1S/C16H22N2O3/c1-12-4-2-6-14(8-12)17-15(19)11-18-7-3-5-13(10-18)9-16(20)21/h2,4,6,8,13H,3,5,7,9-11H2,1H3,(H,17,19)(H,20,21). The maximum Gasteiger partial charge on any atom is 0.303 e. The summed E-state index contributed by atoms with van der Waals surface area (Å²) in [7, 11) is 0. The molecule has 0 bridgehead atoms. The van der Waals surface area contributed by atoms with Crippen LogP contribution in [0.5, 0.6) is 0 Å². The molecule has 1 aromatic carbocycles. The highest BCUT2D eigenvalue weighted by Crippen LogP contribution is 2.19. The van der Waals surface area contributed by atoms with Gasteiger partial charge in [-0.05, 0) is 49.9 Å². The summed E-state index contributed by atoms with van der Waals surface area (Å²) < 4.78 is 0. The van der Waals surface area contributed by atoms with Gasteiger partial charge >= 0.3 is 5.97 Å². The van der Waals surface area contributed by atoms with E-state index in [1.807, 2.05) is 36.1 Å². The molecule has 0 aromatic heterocycles. The van der Waals surface area contributed by atoms with E-state index in [0.717, 1.165) is 30.6 Å². The molecule has 1 amide bonds. The lowest BCUT2D eigenvalue weighted by Crippen LogP contribution is -2.41. The first-order valence-corrected chi connectivity index (χ1v) is 7.33. The number of benzene rings is 1. The van der Waals surface area contributed by atoms with E-state index in [1.54, 1.807) is 0 Å². The molecule has 1 saturated heterocycles. The molecule has 0 spiro atoms. The fraction of sp³-hybridized carbons (Fsp3) is 0.500. The number of hydrogen-bond acceptors (Lipinski definition) is 3. The lowest BCUT2D eigenvalue weighted by atomic mass is 9.95. The molecular weight excluding hydrogens is 268 g/mol. The van der Waals surface area contributed by atoms with Crippen molar-refractivity contribution in [3.8, 4) is 0 Å². The summed E-state index contributed by atoms with van der Waals surface area (Å²) in [5, 5.41) is 11.7. The van der Waals surface area contributed by atoms with E-state index in [1.165, 1.54) is 0 Å². The SMILES string of the molecule is Cc1cccc(NC(=O)CN2CCCC(CC(=O)O)C2)c1. The minimum absolute atomic E-state index is 0.0448. The lowest BCUT2D eigenvalue weighted by Gasteiger charge is -2.31. The molecule has 0 aliphatic carbocycles. The van der Waals surface area contributed by atoms with Crippen molar-refractivity contribution in [2.24, 2.45) is 5.92 Å². The maximum atomic E-state index is 12.1. The fourth-order valence-electron chi connectivity index (χ4n) is 2.83. The zero-order valence-electron chi connectivity index (χ0n) is 12.3. The summed E-state index contributed by atoms with van der Waals surface area (Å²) in [6.07, 6.45) is 2.08. The van der Waals surface area contributed by atoms with Crippen molar-refractivity contribution in [1.82, 2.24) is 4.90 Å². The van der Waals surface area contributed by atoms with Crippen molar-refractivity contribution < 1.29 is 14.7 Å². The Morgan fingerprint density at radius 1 is 1.43 bits per heavy atom. The average molecular weight is 290 g/mol. The molecule has 0 saturated carbocycles. The van der Waals surface area contributed by atoms with Gasteiger partial charge in [-0.2, -0.15) is 0 Å². The highest BCUT2D eigenvalue weighted by Gasteiger charge is 2.23. The second kappa shape index (κ2) is 7.22. The normalized spacial score (nSPS) is 19.2. The zero-order chi connectivity index (χ0) is 15.2. The second-order valence-corrected chi connectivity index (χ2v) is 5.76. The zero-order valence-corrected chi connectivity index (χ0v) is 12.3. The van der Waals surface area contributed by atoms with Crippen LogP contribution < -0.4 is 5.32 Å². The van der Waals surface area contributed by atoms with E-state index in [4.69, 9.17) is 5.11 Å². The Morgan fingerprint density at radius 2 is 2.24 bits per heavy atom. The molecule has 2 N–H and O–H groups in total. The van der Waals surface area contributed by atoms with Crippen LogP contribution in [-0.2, 0) is 9.59 Å². The van der Waals surface area contributed by atoms with Gasteiger partial charge in [-0.25, -0.2) is 0 Å². The highest BCUT2D eigenvalue weighted by molar-refractivity contribution is 5.92. The molecule has 21 heavy (non-hydrogen) atoms. The van der Waals surface area contributed by atoms with Crippen LogP contribution in [0.4, 0.5) is 5.69 Å². The topological polar surface area (TPSA) is 69.6 Å². The van der Waals surface area contributed by atoms with Gasteiger partial charge < -0.3 is 10.4 Å². The largest absolute Gasteiger partial charge is 0.481 e. The molecule has 5 heteroatoms. The number of carbonyl (C=O) groups excluding carboxylic acids is 1. The Morgan fingerprint density at radius 3 is 2.95 bits per heavy atom. The maximum absolute atomic E-state index is 12.1. The molecule has 5 nitrogen and oxygen atoms in total. The van der Waals surface area contributed by atoms with Gasteiger partial charge in [-0.3, -0.25) is 14.5 Å². The molecule has 1 aliphatic heterocycles. The number of nitrogens with zero attached hydrogens (tertiary/aromatic N) is 1. The van der Waals surface area contributed by atoms with Crippen LogP contribution in [-0.4, -0.2) is 41.5 Å². The molecule has 1 aliphatic rings. The van der Waals surface area contributed by atoms with E-state index >= 15 is 0 Å². The van der Waals surface area contributed by atoms with Crippen molar-refractivity contribution in [3.05, 3.63) is 29.8 Å². The van der Waals surface area contributed by atoms with E-state index in [-0.39, 0.29) is 18.2 Å². The first-order chi connectivity index (χ1) is 10.0. The molecule has 114 valence electrons. The summed E-state index contributed by atoms with van der Waals surface area (Å²) in [6.45, 7) is 3.85. The van der Waals surface area contributed by atoms with Crippen molar-refractivity contribution >= 4 is 17.6 Å². The van der Waals surface area contributed by atoms with E-state index in [9.17, 15) is 9.59 Å². The number of amides is 1. The number of nitrogens with one attached hydrogen (secondary N) is 1. The van der Waals surface area contributed by atoms with Gasteiger partial charge in [0.2, 0.25) is 5.91 Å². The van der Waals surface area contributed by atoms with Crippen LogP contribution in [0.15, 0.2) is 24.3 Å². The van der Waals surface area contributed by atoms with E-state index in [2.05, 4.69) is 5.32 Å². The third-order valence-electron chi connectivity index (χ3n) is 3.74. The smallest absolute Gasteiger partial charge is 0.303 e. The summed E-state index contributed by atoms with van der Waals surface area (Å²) in [4.78, 5) is 24.9. The molecule has 1 unspecified atom stereocenters. The minimum atomic E-state index is -0.758. The Labute approximate surface area is 125 Å². The Hall–Kier alpha value is -1.88. The number of piperidine rings is 1. The fourth-order valence-corrected chi connectivity index (χ4v) is 2.83. The molecule has 1 heterocycles. The predicted octanol–water partition coefficient (Wildman–Crippen LogP) is 2.12. The Kier molecular flexibility index (Phi) is 5.33. The van der Waals surface area contributed by atoms with Crippen LogP contribution in [0.3, 0.4) is 0 Å². The van der Waals surface area contributed by atoms with Crippen LogP contribution in [0, 0.1) is 12.8 Å². The van der Waals surface area contributed by atoms with Crippen molar-refractivity contribution in [2.45, 2.75) is 26.2 Å². The number of carboxylic acids is 1. The number of rotatable bonds is 5. The van der Waals surface area contributed by atoms with E-state index < -0.39 is 5.97 Å². The number of likely N-dealkylation sites (tertiary alicyclic amines) is 1. The quantitative estimate of drug-likeness (QED) is 0.871. The summed E-state index contributed by atoms with van der Waals surface area (Å²) in [5.41, 5.74) is 1.91. The summed E-state index contributed by atoms with van der Waals surface area (Å²) in [6, 6.07) is 7.70. The number of hydrogen-bond donors (Lipinski definition) is 2. The molecule has 1 atom stereocenters. The molecule has 1 aromatic rings. The van der Waals surface area contributed by atoms with Gasteiger partial charge in [0.1, 0.15) is 0 Å². The minimum Gasteiger partial charge on any atom is -0.481 e. The third kappa shape index (κ3) is 5.19. The number of anilines is 1. The number of carbonyl (C=O) groups is 2. The van der Waals surface area contributed by atoms with Crippen molar-refractivity contribution in [2.75, 3.05) is 25.0 Å².